The van der Waals surface area contributed by atoms with Crippen molar-refractivity contribution in [2.75, 3.05) is 33.1 Å². The molecule has 0 amide bonds. The highest BCUT2D eigenvalue weighted by molar-refractivity contribution is 7.86. The van der Waals surface area contributed by atoms with Crippen molar-refractivity contribution in [3.8, 4) is 0 Å². The Balaban J connectivity index is 4.38. The van der Waals surface area contributed by atoms with Gasteiger partial charge in [-0.15, -0.1) is 11.6 Å². The molecule has 0 radical (unpaired) electrons. The second-order valence-electron chi connectivity index (χ2n) is 4.05. The van der Waals surface area contributed by atoms with Crippen molar-refractivity contribution in [3.63, 3.8) is 0 Å². The average Bonchev–Trinajstić information content (AvgIpc) is 2.12. The molecular formula is C9H21ClN2O2S. The van der Waals surface area contributed by atoms with Gasteiger partial charge in [0, 0.05) is 33.1 Å². The van der Waals surface area contributed by atoms with Crippen molar-refractivity contribution < 1.29 is 8.42 Å². The minimum Gasteiger partial charge on any atom is -0.195 e. The maximum absolute atomic E-state index is 11.9. The van der Waals surface area contributed by atoms with Crippen LogP contribution in [0.15, 0.2) is 0 Å². The van der Waals surface area contributed by atoms with E-state index in [0.29, 0.717) is 31.3 Å². The van der Waals surface area contributed by atoms with E-state index in [1.54, 1.807) is 14.1 Å². The Morgan fingerprint density at radius 3 is 2.13 bits per heavy atom. The van der Waals surface area contributed by atoms with E-state index < -0.39 is 10.2 Å². The molecule has 0 aliphatic rings. The van der Waals surface area contributed by atoms with Gasteiger partial charge in [0.25, 0.3) is 10.2 Å². The monoisotopic (exact) mass is 256 g/mol. The summed E-state index contributed by atoms with van der Waals surface area (Å²) >= 11 is 5.52. The van der Waals surface area contributed by atoms with E-state index in [1.165, 1.54) is 8.61 Å². The van der Waals surface area contributed by atoms with Crippen LogP contribution in [0.25, 0.3) is 0 Å². The highest BCUT2D eigenvalue weighted by atomic mass is 35.5. The smallest absolute Gasteiger partial charge is 0.195 e. The average molecular weight is 257 g/mol. The first-order valence-corrected chi connectivity index (χ1v) is 6.99. The minimum atomic E-state index is -3.30. The highest BCUT2D eigenvalue weighted by Crippen LogP contribution is 2.07. The van der Waals surface area contributed by atoms with Crippen LogP contribution in [0.3, 0.4) is 0 Å². The molecule has 0 atom stereocenters. The number of halogens is 1. The molecule has 0 rings (SSSR count). The third kappa shape index (κ3) is 5.15. The van der Waals surface area contributed by atoms with Crippen molar-refractivity contribution in [1.29, 1.82) is 0 Å². The first-order valence-electron chi connectivity index (χ1n) is 5.06. The van der Waals surface area contributed by atoms with Crippen LogP contribution >= 0.6 is 11.6 Å². The maximum Gasteiger partial charge on any atom is 0.281 e. The Morgan fingerprint density at radius 2 is 1.73 bits per heavy atom. The summed E-state index contributed by atoms with van der Waals surface area (Å²) in [5, 5.41) is 0. The van der Waals surface area contributed by atoms with E-state index in [9.17, 15) is 8.42 Å². The first-order chi connectivity index (χ1) is 6.82. The lowest BCUT2D eigenvalue weighted by Gasteiger charge is -2.25. The fourth-order valence-electron chi connectivity index (χ4n) is 1.24. The van der Waals surface area contributed by atoms with Crippen molar-refractivity contribution in [3.05, 3.63) is 0 Å². The van der Waals surface area contributed by atoms with Crippen molar-refractivity contribution in [2.45, 2.75) is 20.3 Å². The zero-order chi connectivity index (χ0) is 12.1. The SMILES string of the molecule is CC(C)CN(C)S(=O)(=O)N(C)CCCCl. The van der Waals surface area contributed by atoms with Crippen LogP contribution in [0.4, 0.5) is 0 Å². The quantitative estimate of drug-likeness (QED) is 0.646. The number of rotatable bonds is 7. The molecule has 0 fully saturated rings. The summed E-state index contributed by atoms with van der Waals surface area (Å²) in [6, 6.07) is 0. The van der Waals surface area contributed by atoms with E-state index >= 15 is 0 Å². The molecule has 92 valence electrons. The van der Waals surface area contributed by atoms with Gasteiger partial charge in [-0.25, -0.2) is 0 Å². The number of alkyl halides is 1. The molecule has 0 aromatic heterocycles. The maximum atomic E-state index is 11.9. The van der Waals surface area contributed by atoms with Crippen LogP contribution in [0, 0.1) is 5.92 Å². The van der Waals surface area contributed by atoms with Gasteiger partial charge in [0.1, 0.15) is 0 Å². The Kier molecular flexibility index (Phi) is 6.75. The summed E-state index contributed by atoms with van der Waals surface area (Å²) in [4.78, 5) is 0. The molecule has 0 aromatic carbocycles. The summed E-state index contributed by atoms with van der Waals surface area (Å²) < 4.78 is 26.5. The minimum absolute atomic E-state index is 0.325. The Morgan fingerprint density at radius 1 is 1.20 bits per heavy atom. The van der Waals surface area contributed by atoms with Crippen molar-refractivity contribution in [2.24, 2.45) is 5.92 Å². The Labute approximate surface area is 98.4 Å². The van der Waals surface area contributed by atoms with E-state index in [4.69, 9.17) is 11.6 Å². The van der Waals surface area contributed by atoms with Gasteiger partial charge in [-0.05, 0) is 12.3 Å². The topological polar surface area (TPSA) is 40.6 Å². The molecule has 0 bridgehead atoms. The number of hydrogen-bond donors (Lipinski definition) is 0. The zero-order valence-corrected chi connectivity index (χ0v) is 11.5. The number of hydrogen-bond acceptors (Lipinski definition) is 2. The van der Waals surface area contributed by atoms with Crippen molar-refractivity contribution >= 4 is 21.8 Å². The van der Waals surface area contributed by atoms with E-state index in [-0.39, 0.29) is 0 Å². The van der Waals surface area contributed by atoms with Crippen LogP contribution in [0.1, 0.15) is 20.3 Å². The fourth-order valence-corrected chi connectivity index (χ4v) is 2.69. The standard InChI is InChI=1S/C9H21ClN2O2S/c1-9(2)8-12(4)15(13,14)11(3)7-5-6-10/h9H,5-8H2,1-4H3. The normalized spacial score (nSPS) is 13.1. The largest absolute Gasteiger partial charge is 0.281 e. The third-order valence-electron chi connectivity index (χ3n) is 2.02. The van der Waals surface area contributed by atoms with Gasteiger partial charge in [0.15, 0.2) is 0 Å². The summed E-state index contributed by atoms with van der Waals surface area (Å²) in [5.41, 5.74) is 0. The zero-order valence-electron chi connectivity index (χ0n) is 9.90. The fraction of sp³-hybridized carbons (Fsp3) is 1.00. The van der Waals surface area contributed by atoms with E-state index in [0.717, 1.165) is 0 Å². The molecule has 0 aromatic rings. The molecule has 15 heavy (non-hydrogen) atoms. The van der Waals surface area contributed by atoms with Gasteiger partial charge in [0.2, 0.25) is 0 Å². The molecule has 0 spiro atoms. The van der Waals surface area contributed by atoms with Crippen LogP contribution < -0.4 is 0 Å². The molecule has 0 unspecified atom stereocenters. The summed E-state index contributed by atoms with van der Waals surface area (Å²) in [6.07, 6.45) is 0.673. The van der Waals surface area contributed by atoms with Crippen LogP contribution in [-0.2, 0) is 10.2 Å². The lowest BCUT2D eigenvalue weighted by Crippen LogP contribution is -2.41. The third-order valence-corrected chi connectivity index (χ3v) is 4.19. The molecule has 6 heteroatoms. The first kappa shape index (κ1) is 15.2. The molecule has 0 heterocycles. The number of nitrogens with zero attached hydrogens (tertiary/aromatic N) is 2. The van der Waals surface area contributed by atoms with E-state index in [1.807, 2.05) is 13.8 Å². The molecule has 0 aliphatic carbocycles. The summed E-state index contributed by atoms with van der Waals surface area (Å²) in [6.45, 7) is 4.98. The van der Waals surface area contributed by atoms with Gasteiger partial charge in [-0.2, -0.15) is 17.0 Å². The van der Waals surface area contributed by atoms with Crippen molar-refractivity contribution in [1.82, 2.24) is 8.61 Å². The molecular weight excluding hydrogens is 236 g/mol. The van der Waals surface area contributed by atoms with Gasteiger partial charge in [-0.3, -0.25) is 0 Å². The van der Waals surface area contributed by atoms with E-state index in [2.05, 4.69) is 0 Å². The van der Waals surface area contributed by atoms with Crippen LogP contribution in [-0.4, -0.2) is 50.1 Å². The molecule has 0 aliphatic heterocycles. The summed E-state index contributed by atoms with van der Waals surface area (Å²) in [5.74, 6) is 0.805. The van der Waals surface area contributed by atoms with Crippen LogP contribution in [0.5, 0.6) is 0 Å². The second-order valence-corrected chi connectivity index (χ2v) is 6.57. The predicted molar refractivity (Wildman–Crippen MR) is 64.4 cm³/mol. The van der Waals surface area contributed by atoms with Crippen LogP contribution in [0.2, 0.25) is 0 Å². The van der Waals surface area contributed by atoms with Gasteiger partial charge < -0.3 is 0 Å². The lowest BCUT2D eigenvalue weighted by molar-refractivity contribution is 0.366. The second kappa shape index (κ2) is 6.68. The Hall–Kier alpha value is 0.160. The molecule has 0 saturated heterocycles. The molecule has 0 saturated carbocycles. The highest BCUT2D eigenvalue weighted by Gasteiger charge is 2.23. The van der Waals surface area contributed by atoms with Gasteiger partial charge in [-0.1, -0.05) is 13.8 Å². The molecule has 0 N–H and O–H groups in total. The molecule has 4 nitrogen and oxygen atoms in total. The predicted octanol–water partition coefficient (Wildman–Crippen LogP) is 1.38. The lowest BCUT2D eigenvalue weighted by atomic mass is 10.2. The van der Waals surface area contributed by atoms with Gasteiger partial charge >= 0.3 is 0 Å². The van der Waals surface area contributed by atoms with Gasteiger partial charge in [0.05, 0.1) is 0 Å². The Bertz CT molecular complexity index is 267. The summed E-state index contributed by atoms with van der Waals surface area (Å²) in [7, 11) is -0.113.